The number of nitrogens with one attached hydrogen (secondary N) is 1. The lowest BCUT2D eigenvalue weighted by molar-refractivity contribution is 0.0363. The first-order valence-electron chi connectivity index (χ1n) is 8.14. The van der Waals surface area contributed by atoms with Gasteiger partial charge >= 0.3 is 0 Å². The van der Waals surface area contributed by atoms with Crippen molar-refractivity contribution < 1.29 is 13.5 Å². The summed E-state index contributed by atoms with van der Waals surface area (Å²) in [6, 6.07) is 14.9. The largest absolute Gasteiger partial charge is 0.384 e. The zero-order valence-corrected chi connectivity index (χ0v) is 14.8. The second-order valence-electron chi connectivity index (χ2n) is 6.63. The Morgan fingerprint density at radius 3 is 2.50 bits per heavy atom. The summed E-state index contributed by atoms with van der Waals surface area (Å²) in [5.41, 5.74) is 2.39. The molecule has 3 rings (SSSR count). The average molecular weight is 345 g/mol. The molecular formula is C19H23NO3S. The van der Waals surface area contributed by atoms with E-state index in [9.17, 15) is 13.5 Å². The number of sulfone groups is 1. The van der Waals surface area contributed by atoms with Crippen LogP contribution < -0.4 is 5.32 Å². The number of rotatable bonds is 5. The van der Waals surface area contributed by atoms with Crippen LogP contribution in [-0.2, 0) is 21.9 Å². The minimum atomic E-state index is -3.17. The molecule has 0 aliphatic heterocycles. The van der Waals surface area contributed by atoms with E-state index >= 15 is 0 Å². The third kappa shape index (κ3) is 3.38. The van der Waals surface area contributed by atoms with E-state index in [4.69, 9.17) is 0 Å². The zero-order valence-electron chi connectivity index (χ0n) is 14.0. The molecule has 0 saturated heterocycles. The molecule has 0 amide bonds. The molecule has 128 valence electrons. The Bertz CT molecular complexity index is 830. The van der Waals surface area contributed by atoms with E-state index in [1.54, 1.807) is 12.1 Å². The summed E-state index contributed by atoms with van der Waals surface area (Å²) < 4.78 is 23.0. The van der Waals surface area contributed by atoms with Crippen molar-refractivity contribution in [3.63, 3.8) is 0 Å². The Kier molecular flexibility index (Phi) is 4.51. The topological polar surface area (TPSA) is 66.4 Å². The maximum Gasteiger partial charge on any atom is 0.175 e. The van der Waals surface area contributed by atoms with E-state index in [1.807, 2.05) is 37.3 Å². The first-order chi connectivity index (χ1) is 11.3. The van der Waals surface area contributed by atoms with Crippen molar-refractivity contribution in [1.82, 2.24) is 5.32 Å². The second-order valence-corrected chi connectivity index (χ2v) is 8.65. The maximum absolute atomic E-state index is 11.5. The van der Waals surface area contributed by atoms with Crippen LogP contribution in [0.3, 0.4) is 0 Å². The Morgan fingerprint density at radius 2 is 1.83 bits per heavy atom. The van der Waals surface area contributed by atoms with E-state index < -0.39 is 15.4 Å². The quantitative estimate of drug-likeness (QED) is 0.874. The Balaban J connectivity index is 1.69. The van der Waals surface area contributed by atoms with Crippen molar-refractivity contribution >= 4 is 9.84 Å². The summed E-state index contributed by atoms with van der Waals surface area (Å²) in [7, 11) is -3.17. The average Bonchev–Trinajstić information content (AvgIpc) is 2.90. The Hall–Kier alpha value is -1.69. The van der Waals surface area contributed by atoms with Crippen molar-refractivity contribution in [2.45, 2.75) is 36.3 Å². The molecule has 24 heavy (non-hydrogen) atoms. The van der Waals surface area contributed by atoms with Crippen LogP contribution in [0.15, 0.2) is 53.4 Å². The molecule has 0 saturated carbocycles. The molecule has 2 N–H and O–H groups in total. The van der Waals surface area contributed by atoms with Crippen LogP contribution in [0.1, 0.15) is 36.1 Å². The van der Waals surface area contributed by atoms with Crippen LogP contribution in [-0.4, -0.2) is 26.3 Å². The van der Waals surface area contributed by atoms with Crippen molar-refractivity contribution in [2.75, 3.05) is 12.8 Å². The van der Waals surface area contributed by atoms with Crippen LogP contribution in [0.25, 0.3) is 0 Å². The van der Waals surface area contributed by atoms with Gasteiger partial charge in [0, 0.05) is 18.8 Å². The fourth-order valence-corrected chi connectivity index (χ4v) is 3.93. The summed E-state index contributed by atoms with van der Waals surface area (Å²) in [4.78, 5) is 0.321. The fraction of sp³-hybridized carbons (Fsp3) is 0.368. The summed E-state index contributed by atoms with van der Waals surface area (Å²) in [5, 5.41) is 14.3. The van der Waals surface area contributed by atoms with Gasteiger partial charge in [0.25, 0.3) is 0 Å². The van der Waals surface area contributed by atoms with Gasteiger partial charge in [-0.25, -0.2) is 8.42 Å². The highest BCUT2D eigenvalue weighted by Crippen LogP contribution is 2.36. The van der Waals surface area contributed by atoms with Crippen LogP contribution in [0.4, 0.5) is 0 Å². The molecule has 0 unspecified atom stereocenters. The molecule has 2 aromatic rings. The predicted octanol–water partition coefficient (Wildman–Crippen LogP) is 2.57. The third-order valence-corrected chi connectivity index (χ3v) is 5.96. The molecule has 5 heteroatoms. The number of benzene rings is 2. The van der Waals surface area contributed by atoms with E-state index in [1.165, 1.54) is 11.8 Å². The Morgan fingerprint density at radius 1 is 1.17 bits per heavy atom. The van der Waals surface area contributed by atoms with Gasteiger partial charge in [0.05, 0.1) is 4.90 Å². The first kappa shape index (κ1) is 17.1. The lowest BCUT2D eigenvalue weighted by Gasteiger charge is -2.27. The van der Waals surface area contributed by atoms with Crippen LogP contribution in [0.5, 0.6) is 0 Å². The SMILES string of the molecule is C[C@@H](NC[C@@]1(O)CCc2ccccc21)c1ccc(S(C)(=O)=O)cc1. The molecule has 2 atom stereocenters. The summed E-state index contributed by atoms with van der Waals surface area (Å²) in [6.45, 7) is 2.48. The molecule has 0 spiro atoms. The normalized spacial score (nSPS) is 21.5. The van der Waals surface area contributed by atoms with Gasteiger partial charge in [0.15, 0.2) is 9.84 Å². The summed E-state index contributed by atoms with van der Waals surface area (Å²) in [5.74, 6) is 0. The van der Waals surface area contributed by atoms with Crippen molar-refractivity contribution in [3.05, 3.63) is 65.2 Å². The lowest BCUT2D eigenvalue weighted by Crippen LogP contribution is -2.37. The predicted molar refractivity (Wildman–Crippen MR) is 94.6 cm³/mol. The van der Waals surface area contributed by atoms with Crippen molar-refractivity contribution in [1.29, 1.82) is 0 Å². The highest BCUT2D eigenvalue weighted by molar-refractivity contribution is 7.90. The van der Waals surface area contributed by atoms with Gasteiger partial charge in [0.2, 0.25) is 0 Å². The van der Waals surface area contributed by atoms with Gasteiger partial charge in [-0.2, -0.15) is 0 Å². The summed E-state index contributed by atoms with van der Waals surface area (Å²) >= 11 is 0. The van der Waals surface area contributed by atoms with Gasteiger partial charge < -0.3 is 10.4 Å². The zero-order chi connectivity index (χ0) is 17.4. The molecule has 0 bridgehead atoms. The maximum atomic E-state index is 11.5. The molecular weight excluding hydrogens is 322 g/mol. The molecule has 2 aromatic carbocycles. The number of hydrogen-bond donors (Lipinski definition) is 2. The van der Waals surface area contributed by atoms with Crippen LogP contribution >= 0.6 is 0 Å². The molecule has 1 aliphatic carbocycles. The number of aryl methyl sites for hydroxylation is 1. The molecule has 0 heterocycles. The third-order valence-electron chi connectivity index (χ3n) is 4.84. The molecule has 1 aliphatic rings. The van der Waals surface area contributed by atoms with Gasteiger partial charge in [-0.15, -0.1) is 0 Å². The number of aliphatic hydroxyl groups is 1. The highest BCUT2D eigenvalue weighted by atomic mass is 32.2. The smallest absolute Gasteiger partial charge is 0.175 e. The first-order valence-corrected chi connectivity index (χ1v) is 10.0. The minimum absolute atomic E-state index is 0.0235. The van der Waals surface area contributed by atoms with Crippen molar-refractivity contribution in [2.24, 2.45) is 0 Å². The van der Waals surface area contributed by atoms with E-state index in [0.717, 1.165) is 24.0 Å². The molecule has 0 radical (unpaired) electrons. The van der Waals surface area contributed by atoms with Crippen molar-refractivity contribution in [3.8, 4) is 0 Å². The lowest BCUT2D eigenvalue weighted by atomic mass is 9.95. The van der Waals surface area contributed by atoms with Gasteiger partial charge in [0.1, 0.15) is 5.60 Å². The van der Waals surface area contributed by atoms with Gasteiger partial charge in [-0.1, -0.05) is 36.4 Å². The van der Waals surface area contributed by atoms with Crippen LogP contribution in [0.2, 0.25) is 0 Å². The van der Waals surface area contributed by atoms with Crippen LogP contribution in [0, 0.1) is 0 Å². The Labute approximate surface area is 143 Å². The minimum Gasteiger partial charge on any atom is -0.384 e. The molecule has 0 fully saturated rings. The van der Waals surface area contributed by atoms with E-state index in [2.05, 4.69) is 11.4 Å². The monoisotopic (exact) mass is 345 g/mol. The standard InChI is InChI=1S/C19H23NO3S/c1-14(15-7-9-17(10-8-15)24(2,22)23)20-13-19(21)12-11-16-5-3-4-6-18(16)19/h3-10,14,20-21H,11-13H2,1-2H3/t14-,19+/m1/s1. The number of fused-ring (bicyclic) bond motifs is 1. The van der Waals surface area contributed by atoms with E-state index in [0.29, 0.717) is 11.4 Å². The summed E-state index contributed by atoms with van der Waals surface area (Å²) in [6.07, 6.45) is 2.82. The number of hydrogen-bond acceptors (Lipinski definition) is 4. The molecule has 0 aromatic heterocycles. The fourth-order valence-electron chi connectivity index (χ4n) is 3.30. The molecule has 4 nitrogen and oxygen atoms in total. The second kappa shape index (κ2) is 6.31. The van der Waals surface area contributed by atoms with Gasteiger partial charge in [-0.05, 0) is 48.6 Å². The van der Waals surface area contributed by atoms with E-state index in [-0.39, 0.29) is 6.04 Å². The van der Waals surface area contributed by atoms with Gasteiger partial charge in [-0.3, -0.25) is 0 Å². The highest BCUT2D eigenvalue weighted by Gasteiger charge is 2.36.